The molecule has 4 rings (SSSR count). The molecule has 1 aliphatic rings. The molecule has 1 saturated heterocycles. The van der Waals surface area contributed by atoms with Gasteiger partial charge in [0.05, 0.1) is 11.8 Å². The second-order valence-corrected chi connectivity index (χ2v) is 9.96. The second-order valence-electron chi connectivity index (χ2n) is 7.98. The normalized spacial score (nSPS) is 15.8. The number of nitrogens with zero attached hydrogens (tertiary/aromatic N) is 3. The lowest BCUT2D eigenvalue weighted by molar-refractivity contribution is -0.140. The summed E-state index contributed by atoms with van der Waals surface area (Å²) >= 11 is 0. The van der Waals surface area contributed by atoms with Crippen LogP contribution in [0.15, 0.2) is 42.7 Å². The molecule has 2 heterocycles. The van der Waals surface area contributed by atoms with Gasteiger partial charge in [0.2, 0.25) is 10.0 Å². The molecule has 0 saturated carbocycles. The van der Waals surface area contributed by atoms with Gasteiger partial charge in [0.25, 0.3) is 0 Å². The minimum absolute atomic E-state index is 0.0827. The Morgan fingerprint density at radius 3 is 2.26 bits per heavy atom. The Morgan fingerprint density at radius 1 is 0.971 bits per heavy atom. The predicted molar refractivity (Wildman–Crippen MR) is 119 cm³/mol. The Labute approximate surface area is 194 Å². The quantitative estimate of drug-likeness (QED) is 0.379. The fourth-order valence-corrected chi connectivity index (χ4v) is 4.74. The van der Waals surface area contributed by atoms with Gasteiger partial charge in [-0.15, -0.1) is 0 Å². The monoisotopic (exact) mass is 501 g/mol. The smallest absolute Gasteiger partial charge is 0.419 e. The molecule has 1 fully saturated rings. The fourth-order valence-electron chi connectivity index (χ4n) is 3.92. The number of aromatic nitrogens is 1. The molecule has 2 aromatic carbocycles. The molecule has 0 aliphatic carbocycles. The molecule has 0 spiro atoms. The summed E-state index contributed by atoms with van der Waals surface area (Å²) in [5.74, 6) is -2.06. The van der Waals surface area contributed by atoms with Crippen LogP contribution in [0.3, 0.4) is 0 Å². The van der Waals surface area contributed by atoms with E-state index in [0.717, 1.165) is 22.5 Å². The second kappa shape index (κ2) is 9.08. The molecule has 0 radical (unpaired) electrons. The van der Waals surface area contributed by atoms with Crippen LogP contribution in [0.25, 0.3) is 16.5 Å². The van der Waals surface area contributed by atoms with Crippen LogP contribution in [0.2, 0.25) is 0 Å². The number of sulfonamides is 1. The first kappa shape index (κ1) is 24.3. The van der Waals surface area contributed by atoms with E-state index >= 15 is 0 Å². The molecule has 1 aliphatic heterocycles. The van der Waals surface area contributed by atoms with Crippen LogP contribution in [0.1, 0.15) is 5.56 Å². The molecular formula is C22H23F4N3O4S. The molecule has 34 heavy (non-hydrogen) atoms. The van der Waals surface area contributed by atoms with Gasteiger partial charge in [-0.1, -0.05) is 6.07 Å². The Kier molecular flexibility index (Phi) is 6.49. The van der Waals surface area contributed by atoms with Crippen molar-refractivity contribution in [2.45, 2.75) is 6.18 Å². The Hall–Kier alpha value is -2.83. The van der Waals surface area contributed by atoms with E-state index in [2.05, 4.69) is 4.90 Å². The average molecular weight is 502 g/mol. The summed E-state index contributed by atoms with van der Waals surface area (Å²) in [7, 11) is -1.96. The summed E-state index contributed by atoms with van der Waals surface area (Å²) in [5, 5.41) is 1.54. The molecule has 184 valence electrons. The van der Waals surface area contributed by atoms with E-state index in [-0.39, 0.29) is 5.69 Å². The highest BCUT2D eigenvalue weighted by atomic mass is 32.2. The molecule has 1 aromatic heterocycles. The number of hydrogen-bond donors (Lipinski definition) is 0. The molecule has 0 bridgehead atoms. The molecule has 0 N–H and O–H groups in total. The minimum Gasteiger partial charge on any atom is -0.464 e. The van der Waals surface area contributed by atoms with Crippen molar-refractivity contribution in [3.63, 3.8) is 0 Å². The van der Waals surface area contributed by atoms with E-state index in [4.69, 9.17) is 9.47 Å². The van der Waals surface area contributed by atoms with Crippen molar-refractivity contribution < 1.29 is 35.5 Å². The van der Waals surface area contributed by atoms with E-state index in [1.165, 1.54) is 28.3 Å². The van der Waals surface area contributed by atoms with E-state index in [0.29, 0.717) is 26.2 Å². The summed E-state index contributed by atoms with van der Waals surface area (Å²) < 4.78 is 90.8. The van der Waals surface area contributed by atoms with Gasteiger partial charge >= 0.3 is 6.18 Å². The summed E-state index contributed by atoms with van der Waals surface area (Å²) in [4.78, 5) is 2.05. The van der Waals surface area contributed by atoms with Crippen LogP contribution in [0, 0.1) is 5.82 Å². The van der Waals surface area contributed by atoms with Crippen LogP contribution in [0.5, 0.6) is 5.75 Å². The summed E-state index contributed by atoms with van der Waals surface area (Å²) in [6.45, 7) is 1.38. The van der Waals surface area contributed by atoms with Gasteiger partial charge in [0, 0.05) is 68.5 Å². The van der Waals surface area contributed by atoms with Crippen molar-refractivity contribution in [1.29, 1.82) is 0 Å². The van der Waals surface area contributed by atoms with Crippen LogP contribution in [-0.4, -0.2) is 63.6 Å². The third-order valence-electron chi connectivity index (χ3n) is 5.66. The number of fused-ring (bicyclic) bond motifs is 1. The van der Waals surface area contributed by atoms with E-state index < -0.39 is 40.1 Å². The zero-order valence-corrected chi connectivity index (χ0v) is 19.3. The number of ether oxygens (including phenoxy) is 2. The molecular weight excluding hydrogens is 478 g/mol. The van der Waals surface area contributed by atoms with Gasteiger partial charge in [-0.05, 0) is 23.6 Å². The number of hydrogen-bond acceptors (Lipinski definition) is 5. The van der Waals surface area contributed by atoms with Gasteiger partial charge in [0.1, 0.15) is 0 Å². The highest BCUT2D eigenvalue weighted by Gasteiger charge is 2.36. The van der Waals surface area contributed by atoms with Crippen LogP contribution < -0.4 is 9.64 Å². The third-order valence-corrected chi connectivity index (χ3v) is 6.96. The summed E-state index contributed by atoms with van der Waals surface area (Å²) in [5.41, 5.74) is -0.477. The van der Waals surface area contributed by atoms with Crippen molar-refractivity contribution in [2.24, 2.45) is 0 Å². The number of benzene rings is 2. The highest BCUT2D eigenvalue weighted by molar-refractivity contribution is 7.88. The first-order valence-corrected chi connectivity index (χ1v) is 12.2. The third kappa shape index (κ3) is 4.98. The van der Waals surface area contributed by atoms with Crippen LogP contribution in [-0.2, 0) is 20.9 Å². The zero-order chi connectivity index (χ0) is 24.7. The summed E-state index contributed by atoms with van der Waals surface area (Å²) in [6.07, 6.45) is -0.421. The Morgan fingerprint density at radius 2 is 1.65 bits per heavy atom. The van der Waals surface area contributed by atoms with Crippen molar-refractivity contribution >= 4 is 26.5 Å². The van der Waals surface area contributed by atoms with Crippen molar-refractivity contribution in [3.05, 3.63) is 54.1 Å². The number of halogens is 4. The lowest BCUT2D eigenvalue weighted by atomic mass is 10.1. The first-order valence-electron chi connectivity index (χ1n) is 10.3. The number of alkyl halides is 3. The lowest BCUT2D eigenvalue weighted by Gasteiger charge is -2.34. The van der Waals surface area contributed by atoms with Crippen molar-refractivity contribution in [3.8, 4) is 11.4 Å². The standard InChI is InChI=1S/C22H23F4N3O4S/c1-32-14-33-20-11-18(10-19(21(20)23)22(24,25)26)28-12-15-3-4-17(9-16(15)13-28)27-5-7-29(8-6-27)34(2,30)31/h3-4,9-13H,5-8,14H2,1-2H3. The van der Waals surface area contributed by atoms with Gasteiger partial charge in [-0.25, -0.2) is 12.8 Å². The molecule has 7 nitrogen and oxygen atoms in total. The van der Waals surface area contributed by atoms with E-state index in [9.17, 15) is 26.0 Å². The van der Waals surface area contributed by atoms with Crippen molar-refractivity contribution in [1.82, 2.24) is 8.87 Å². The SMILES string of the molecule is COCOc1cc(-n2cc3ccc(N4CCN(S(C)(=O)=O)CC4)cc3c2)cc(C(F)(F)F)c1F. The molecule has 0 unspecified atom stereocenters. The molecule has 0 amide bonds. The van der Waals surface area contributed by atoms with Crippen LogP contribution >= 0.6 is 0 Å². The predicted octanol–water partition coefficient (Wildman–Crippen LogP) is 3.85. The van der Waals surface area contributed by atoms with E-state index in [1.54, 1.807) is 12.4 Å². The largest absolute Gasteiger partial charge is 0.464 e. The van der Waals surface area contributed by atoms with Crippen LogP contribution in [0.4, 0.5) is 23.2 Å². The summed E-state index contributed by atoms with van der Waals surface area (Å²) in [6, 6.07) is 7.52. The maximum Gasteiger partial charge on any atom is 0.419 e. The topological polar surface area (TPSA) is 64.0 Å². The number of rotatable bonds is 6. The minimum atomic E-state index is -4.90. The van der Waals surface area contributed by atoms with Crippen molar-refractivity contribution in [2.75, 3.05) is 51.2 Å². The fraction of sp³-hybridized carbons (Fsp3) is 0.364. The number of piperazine rings is 1. The average Bonchev–Trinajstić information content (AvgIpc) is 3.20. The maximum atomic E-state index is 14.4. The molecule has 0 atom stereocenters. The lowest BCUT2D eigenvalue weighted by Crippen LogP contribution is -2.48. The molecule has 3 aromatic rings. The Bertz CT molecular complexity index is 1300. The zero-order valence-electron chi connectivity index (χ0n) is 18.5. The van der Waals surface area contributed by atoms with Gasteiger partial charge in [0.15, 0.2) is 18.4 Å². The highest BCUT2D eigenvalue weighted by Crippen LogP contribution is 2.37. The Balaban J connectivity index is 1.66. The van der Waals surface area contributed by atoms with E-state index in [1.807, 2.05) is 18.2 Å². The number of anilines is 1. The number of methoxy groups -OCH3 is 1. The maximum absolute atomic E-state index is 14.4. The first-order chi connectivity index (χ1) is 16.0. The van der Waals surface area contributed by atoms with Gasteiger partial charge in [-0.3, -0.25) is 0 Å². The van der Waals surface area contributed by atoms with Gasteiger partial charge < -0.3 is 18.9 Å². The van der Waals surface area contributed by atoms with Gasteiger partial charge in [-0.2, -0.15) is 17.5 Å². The molecule has 12 heteroatoms.